The Morgan fingerprint density at radius 3 is 2.43 bits per heavy atom. The maximum absolute atomic E-state index is 13.5. The first-order chi connectivity index (χ1) is 14.8. The molecular weight excluding hydrogens is 372 g/mol. The van der Waals surface area contributed by atoms with Gasteiger partial charge in [0.25, 0.3) is 5.56 Å². The largest absolute Gasteiger partial charge is 0.278 e. The topological polar surface area (TPSA) is 60.7 Å². The Bertz CT molecular complexity index is 1380. The van der Waals surface area contributed by atoms with Crippen LogP contribution in [0.5, 0.6) is 0 Å². The standard InChI is InChI=1S/C25H18N4O/c30-25-23(16-18-8-2-1-3-9-18)28-22-13-7-15-27-24(22)29(25)20-11-6-10-19(17-20)21-12-4-5-14-26-21/h1-15,17H,16H2. The summed E-state index contributed by atoms with van der Waals surface area (Å²) in [6.07, 6.45) is 3.90. The molecule has 0 radical (unpaired) electrons. The maximum Gasteiger partial charge on any atom is 0.278 e. The van der Waals surface area contributed by atoms with Crippen LogP contribution in [0, 0.1) is 0 Å². The van der Waals surface area contributed by atoms with Crippen molar-refractivity contribution in [2.24, 2.45) is 0 Å². The third-order valence-electron chi connectivity index (χ3n) is 4.96. The summed E-state index contributed by atoms with van der Waals surface area (Å²) < 4.78 is 1.65. The highest BCUT2D eigenvalue weighted by Gasteiger charge is 2.14. The van der Waals surface area contributed by atoms with Crippen LogP contribution in [0.4, 0.5) is 0 Å². The molecule has 3 aromatic heterocycles. The first-order valence-electron chi connectivity index (χ1n) is 9.72. The van der Waals surface area contributed by atoms with Crippen LogP contribution in [0.3, 0.4) is 0 Å². The van der Waals surface area contributed by atoms with Crippen molar-refractivity contribution in [2.45, 2.75) is 6.42 Å². The van der Waals surface area contributed by atoms with E-state index in [9.17, 15) is 4.79 Å². The van der Waals surface area contributed by atoms with Gasteiger partial charge in [0.05, 0.1) is 11.4 Å². The quantitative estimate of drug-likeness (QED) is 0.455. The molecule has 0 N–H and O–H groups in total. The number of nitrogens with zero attached hydrogens (tertiary/aromatic N) is 4. The normalized spacial score (nSPS) is 10.9. The molecule has 0 bridgehead atoms. The summed E-state index contributed by atoms with van der Waals surface area (Å²) in [6.45, 7) is 0. The predicted molar refractivity (Wildman–Crippen MR) is 118 cm³/mol. The van der Waals surface area contributed by atoms with E-state index in [0.29, 0.717) is 23.3 Å². The number of rotatable bonds is 4. The molecule has 0 spiro atoms. The fraction of sp³-hybridized carbons (Fsp3) is 0.0400. The summed E-state index contributed by atoms with van der Waals surface area (Å²) in [5, 5.41) is 0. The Balaban J connectivity index is 1.71. The second kappa shape index (κ2) is 7.72. The van der Waals surface area contributed by atoms with E-state index in [0.717, 1.165) is 22.5 Å². The Morgan fingerprint density at radius 2 is 1.60 bits per heavy atom. The van der Waals surface area contributed by atoms with E-state index < -0.39 is 0 Å². The number of fused-ring (bicyclic) bond motifs is 1. The molecule has 144 valence electrons. The molecule has 0 atom stereocenters. The first-order valence-corrected chi connectivity index (χ1v) is 9.72. The van der Waals surface area contributed by atoms with Crippen LogP contribution >= 0.6 is 0 Å². The number of hydrogen-bond donors (Lipinski definition) is 0. The Morgan fingerprint density at radius 1 is 0.767 bits per heavy atom. The second-order valence-electron chi connectivity index (χ2n) is 6.97. The van der Waals surface area contributed by atoms with E-state index in [1.165, 1.54) is 0 Å². The van der Waals surface area contributed by atoms with Crippen molar-refractivity contribution in [1.82, 2.24) is 19.5 Å². The Hall–Kier alpha value is -4.12. The van der Waals surface area contributed by atoms with Crippen molar-refractivity contribution in [3.63, 3.8) is 0 Å². The molecule has 0 unspecified atom stereocenters. The molecule has 0 saturated heterocycles. The summed E-state index contributed by atoms with van der Waals surface area (Å²) in [4.78, 5) is 27.0. The molecule has 0 aliphatic carbocycles. The average Bonchev–Trinajstić information content (AvgIpc) is 2.81. The predicted octanol–water partition coefficient (Wildman–Crippen LogP) is 4.43. The Kier molecular flexibility index (Phi) is 4.62. The molecule has 0 aliphatic heterocycles. The minimum atomic E-state index is -0.164. The van der Waals surface area contributed by atoms with Gasteiger partial charge in [-0.05, 0) is 42.0 Å². The summed E-state index contributed by atoms with van der Waals surface area (Å²) in [5.74, 6) is 0. The molecule has 0 aliphatic rings. The van der Waals surface area contributed by atoms with Crippen molar-refractivity contribution in [1.29, 1.82) is 0 Å². The smallest absolute Gasteiger partial charge is 0.267 e. The van der Waals surface area contributed by atoms with Crippen LogP contribution in [0.2, 0.25) is 0 Å². The highest BCUT2D eigenvalue weighted by atomic mass is 16.1. The van der Waals surface area contributed by atoms with E-state index in [-0.39, 0.29) is 5.56 Å². The van der Waals surface area contributed by atoms with Crippen LogP contribution in [-0.2, 0) is 6.42 Å². The molecule has 5 aromatic rings. The van der Waals surface area contributed by atoms with E-state index in [1.807, 2.05) is 84.9 Å². The van der Waals surface area contributed by atoms with Crippen LogP contribution in [0.15, 0.2) is 102 Å². The summed E-state index contributed by atoms with van der Waals surface area (Å²) in [6, 6.07) is 27.2. The highest BCUT2D eigenvalue weighted by molar-refractivity contribution is 5.73. The van der Waals surface area contributed by atoms with Gasteiger partial charge in [0.15, 0.2) is 5.65 Å². The third kappa shape index (κ3) is 3.37. The molecule has 0 fully saturated rings. The number of benzene rings is 2. The monoisotopic (exact) mass is 390 g/mol. The van der Waals surface area contributed by atoms with Gasteiger partial charge in [0.1, 0.15) is 11.2 Å². The zero-order valence-electron chi connectivity index (χ0n) is 16.1. The van der Waals surface area contributed by atoms with E-state index >= 15 is 0 Å². The van der Waals surface area contributed by atoms with E-state index in [2.05, 4.69) is 15.0 Å². The Labute approximate surface area is 173 Å². The number of pyridine rings is 2. The number of aromatic nitrogens is 4. The molecule has 2 aromatic carbocycles. The summed E-state index contributed by atoms with van der Waals surface area (Å²) in [5.41, 5.74) is 5.12. The average molecular weight is 390 g/mol. The lowest BCUT2D eigenvalue weighted by atomic mass is 10.1. The highest BCUT2D eigenvalue weighted by Crippen LogP contribution is 2.21. The van der Waals surface area contributed by atoms with Gasteiger partial charge in [0, 0.05) is 24.4 Å². The van der Waals surface area contributed by atoms with Gasteiger partial charge < -0.3 is 0 Å². The van der Waals surface area contributed by atoms with Crippen LogP contribution in [0.1, 0.15) is 11.3 Å². The lowest BCUT2D eigenvalue weighted by molar-refractivity contribution is 0.927. The minimum absolute atomic E-state index is 0.164. The van der Waals surface area contributed by atoms with Crippen molar-refractivity contribution >= 4 is 11.2 Å². The summed E-state index contributed by atoms with van der Waals surface area (Å²) in [7, 11) is 0. The summed E-state index contributed by atoms with van der Waals surface area (Å²) >= 11 is 0. The third-order valence-corrected chi connectivity index (χ3v) is 4.96. The molecule has 0 amide bonds. The molecule has 5 heteroatoms. The maximum atomic E-state index is 13.5. The van der Waals surface area contributed by atoms with Gasteiger partial charge in [-0.1, -0.05) is 48.5 Å². The van der Waals surface area contributed by atoms with Gasteiger partial charge in [-0.15, -0.1) is 0 Å². The number of hydrogen-bond acceptors (Lipinski definition) is 4. The van der Waals surface area contributed by atoms with Gasteiger partial charge in [0.2, 0.25) is 0 Å². The van der Waals surface area contributed by atoms with Gasteiger partial charge in [-0.25, -0.2) is 9.97 Å². The van der Waals surface area contributed by atoms with Crippen molar-refractivity contribution in [3.05, 3.63) is 119 Å². The zero-order chi connectivity index (χ0) is 20.3. The van der Waals surface area contributed by atoms with E-state index in [4.69, 9.17) is 0 Å². The second-order valence-corrected chi connectivity index (χ2v) is 6.97. The fourth-order valence-corrected chi connectivity index (χ4v) is 3.55. The fourth-order valence-electron chi connectivity index (χ4n) is 3.55. The van der Waals surface area contributed by atoms with E-state index in [1.54, 1.807) is 17.0 Å². The molecular formula is C25H18N4O. The molecule has 5 rings (SSSR count). The lowest BCUT2D eigenvalue weighted by Gasteiger charge is -2.13. The minimum Gasteiger partial charge on any atom is -0.267 e. The van der Waals surface area contributed by atoms with Gasteiger partial charge in [-0.3, -0.25) is 14.3 Å². The van der Waals surface area contributed by atoms with Crippen molar-refractivity contribution in [2.75, 3.05) is 0 Å². The van der Waals surface area contributed by atoms with Crippen LogP contribution in [-0.4, -0.2) is 19.5 Å². The molecule has 0 saturated carbocycles. The molecule has 30 heavy (non-hydrogen) atoms. The van der Waals surface area contributed by atoms with Crippen molar-refractivity contribution in [3.8, 4) is 16.9 Å². The van der Waals surface area contributed by atoms with Crippen LogP contribution < -0.4 is 5.56 Å². The first kappa shape index (κ1) is 17.9. The SMILES string of the molecule is O=c1c(Cc2ccccc2)nc2cccnc2n1-c1cccc(-c2ccccn2)c1. The molecule has 3 heterocycles. The molecule has 5 nitrogen and oxygen atoms in total. The van der Waals surface area contributed by atoms with Crippen LogP contribution in [0.25, 0.3) is 28.1 Å². The zero-order valence-corrected chi connectivity index (χ0v) is 16.1. The lowest BCUT2D eigenvalue weighted by Crippen LogP contribution is -2.25. The van der Waals surface area contributed by atoms with Gasteiger partial charge in [-0.2, -0.15) is 0 Å². The van der Waals surface area contributed by atoms with Crippen molar-refractivity contribution < 1.29 is 0 Å². The van der Waals surface area contributed by atoms with Gasteiger partial charge >= 0.3 is 0 Å².